The molecule has 0 spiro atoms. The van der Waals surface area contributed by atoms with Gasteiger partial charge in [0.25, 0.3) is 0 Å². The van der Waals surface area contributed by atoms with Crippen molar-refractivity contribution in [3.63, 3.8) is 0 Å². The fourth-order valence-electron chi connectivity index (χ4n) is 1.84. The van der Waals surface area contributed by atoms with Crippen molar-refractivity contribution in [3.8, 4) is 0 Å². The number of nitrogens with one attached hydrogen (secondary N) is 1. The highest BCUT2D eigenvalue weighted by Gasteiger charge is 2.30. The third-order valence-corrected chi connectivity index (χ3v) is 2.71. The summed E-state index contributed by atoms with van der Waals surface area (Å²) in [6.45, 7) is 5.57. The van der Waals surface area contributed by atoms with Crippen molar-refractivity contribution >= 4 is 11.8 Å². The number of aromatic nitrogens is 2. The Balaban J connectivity index is 2.16. The van der Waals surface area contributed by atoms with Crippen LogP contribution in [0.5, 0.6) is 0 Å². The van der Waals surface area contributed by atoms with Gasteiger partial charge in [0.05, 0.1) is 0 Å². The average Bonchev–Trinajstić information content (AvgIpc) is 3.09. The topological polar surface area (TPSA) is 41.1 Å². The van der Waals surface area contributed by atoms with Crippen molar-refractivity contribution in [2.45, 2.75) is 32.7 Å². The number of hydrogen-bond acceptors (Lipinski definition) is 4. The Morgan fingerprint density at radius 3 is 2.81 bits per heavy atom. The lowest BCUT2D eigenvalue weighted by Gasteiger charge is -2.25. The zero-order valence-corrected chi connectivity index (χ0v) is 10.3. The summed E-state index contributed by atoms with van der Waals surface area (Å²) in [6, 6.07) is 2.70. The lowest BCUT2D eigenvalue weighted by atomic mass is 10.2. The Bertz CT molecular complexity index is 347. The maximum absolute atomic E-state index is 4.51. The molecule has 1 aromatic heterocycles. The Morgan fingerprint density at radius 2 is 2.25 bits per heavy atom. The first-order valence-corrected chi connectivity index (χ1v) is 5.98. The third kappa shape index (κ3) is 2.62. The predicted octanol–water partition coefficient (Wildman–Crippen LogP) is 2.14. The van der Waals surface area contributed by atoms with Crippen LogP contribution in [0.3, 0.4) is 0 Å². The SMILES string of the molecule is CNc1nccc(N(CC(C)C)C2CC2)n1. The molecular formula is C12H20N4. The van der Waals surface area contributed by atoms with Crippen LogP contribution >= 0.6 is 0 Å². The zero-order chi connectivity index (χ0) is 11.5. The van der Waals surface area contributed by atoms with Gasteiger partial charge in [0, 0.05) is 25.8 Å². The summed E-state index contributed by atoms with van der Waals surface area (Å²) in [4.78, 5) is 11.1. The van der Waals surface area contributed by atoms with Gasteiger partial charge in [0.1, 0.15) is 5.82 Å². The summed E-state index contributed by atoms with van der Waals surface area (Å²) in [5, 5.41) is 2.99. The quantitative estimate of drug-likeness (QED) is 0.825. The van der Waals surface area contributed by atoms with Crippen molar-refractivity contribution in [1.82, 2.24) is 9.97 Å². The first-order valence-electron chi connectivity index (χ1n) is 5.98. The average molecular weight is 220 g/mol. The van der Waals surface area contributed by atoms with Crippen LogP contribution in [0, 0.1) is 5.92 Å². The van der Waals surface area contributed by atoms with Crippen LogP contribution < -0.4 is 10.2 Å². The molecule has 0 aliphatic heterocycles. The normalized spacial score (nSPS) is 15.2. The molecule has 0 unspecified atom stereocenters. The van der Waals surface area contributed by atoms with E-state index in [4.69, 9.17) is 0 Å². The number of anilines is 2. The van der Waals surface area contributed by atoms with E-state index < -0.39 is 0 Å². The zero-order valence-electron chi connectivity index (χ0n) is 10.3. The van der Waals surface area contributed by atoms with E-state index in [1.54, 1.807) is 0 Å². The largest absolute Gasteiger partial charge is 0.357 e. The third-order valence-electron chi connectivity index (χ3n) is 2.71. The molecule has 1 aromatic rings. The van der Waals surface area contributed by atoms with E-state index in [0.29, 0.717) is 17.9 Å². The molecule has 0 amide bonds. The monoisotopic (exact) mass is 220 g/mol. The smallest absolute Gasteiger partial charge is 0.224 e. The van der Waals surface area contributed by atoms with Gasteiger partial charge in [-0.3, -0.25) is 0 Å². The van der Waals surface area contributed by atoms with Crippen LogP contribution in [0.2, 0.25) is 0 Å². The van der Waals surface area contributed by atoms with E-state index >= 15 is 0 Å². The summed E-state index contributed by atoms with van der Waals surface area (Å²) < 4.78 is 0. The number of rotatable bonds is 5. The first kappa shape index (κ1) is 11.2. The van der Waals surface area contributed by atoms with Crippen molar-refractivity contribution < 1.29 is 0 Å². The molecule has 0 radical (unpaired) electrons. The fourth-order valence-corrected chi connectivity index (χ4v) is 1.84. The Labute approximate surface area is 97.1 Å². The minimum absolute atomic E-state index is 0.661. The molecule has 1 heterocycles. The number of nitrogens with zero attached hydrogens (tertiary/aromatic N) is 3. The second-order valence-corrected chi connectivity index (χ2v) is 4.77. The van der Waals surface area contributed by atoms with Gasteiger partial charge >= 0.3 is 0 Å². The minimum Gasteiger partial charge on any atom is -0.357 e. The molecule has 1 aliphatic rings. The molecule has 2 rings (SSSR count). The van der Waals surface area contributed by atoms with Gasteiger partial charge in [-0.05, 0) is 24.8 Å². The second kappa shape index (κ2) is 4.68. The standard InChI is InChI=1S/C12H20N4/c1-9(2)8-16(10-4-5-10)11-6-7-14-12(13-3)15-11/h6-7,9-10H,4-5,8H2,1-3H3,(H,13,14,15). The Kier molecular flexibility index (Phi) is 3.27. The molecule has 0 aromatic carbocycles. The van der Waals surface area contributed by atoms with Crippen LogP contribution in [0.15, 0.2) is 12.3 Å². The molecule has 0 atom stereocenters. The van der Waals surface area contributed by atoms with Crippen molar-refractivity contribution in [2.75, 3.05) is 23.8 Å². The van der Waals surface area contributed by atoms with Crippen LogP contribution in [-0.2, 0) is 0 Å². The van der Waals surface area contributed by atoms with E-state index in [-0.39, 0.29) is 0 Å². The molecule has 88 valence electrons. The fraction of sp³-hybridized carbons (Fsp3) is 0.667. The van der Waals surface area contributed by atoms with Gasteiger partial charge in [0.15, 0.2) is 0 Å². The molecule has 4 heteroatoms. The van der Waals surface area contributed by atoms with Gasteiger partial charge in [0.2, 0.25) is 5.95 Å². The lowest BCUT2D eigenvalue weighted by molar-refractivity contribution is 0.602. The maximum Gasteiger partial charge on any atom is 0.224 e. The van der Waals surface area contributed by atoms with Gasteiger partial charge in [-0.25, -0.2) is 4.98 Å². The minimum atomic E-state index is 0.661. The molecule has 0 bridgehead atoms. The van der Waals surface area contributed by atoms with Gasteiger partial charge < -0.3 is 10.2 Å². The summed E-state index contributed by atoms with van der Waals surface area (Å²) in [5.41, 5.74) is 0. The summed E-state index contributed by atoms with van der Waals surface area (Å²) in [6.07, 6.45) is 4.42. The van der Waals surface area contributed by atoms with Crippen LogP contribution in [0.25, 0.3) is 0 Å². The van der Waals surface area contributed by atoms with Crippen molar-refractivity contribution in [1.29, 1.82) is 0 Å². The molecule has 16 heavy (non-hydrogen) atoms. The van der Waals surface area contributed by atoms with Crippen molar-refractivity contribution in [3.05, 3.63) is 12.3 Å². The van der Waals surface area contributed by atoms with E-state index in [2.05, 4.69) is 34.0 Å². The molecule has 1 fully saturated rings. The molecule has 1 N–H and O–H groups in total. The number of hydrogen-bond donors (Lipinski definition) is 1. The van der Waals surface area contributed by atoms with E-state index in [9.17, 15) is 0 Å². The maximum atomic E-state index is 4.51. The highest BCUT2D eigenvalue weighted by molar-refractivity contribution is 5.44. The second-order valence-electron chi connectivity index (χ2n) is 4.77. The Morgan fingerprint density at radius 1 is 1.50 bits per heavy atom. The van der Waals surface area contributed by atoms with E-state index in [0.717, 1.165) is 12.4 Å². The van der Waals surface area contributed by atoms with Crippen molar-refractivity contribution in [2.24, 2.45) is 5.92 Å². The lowest BCUT2D eigenvalue weighted by Crippen LogP contribution is -2.30. The van der Waals surface area contributed by atoms with Gasteiger partial charge in [-0.15, -0.1) is 0 Å². The molecule has 1 aliphatic carbocycles. The molecule has 1 saturated carbocycles. The van der Waals surface area contributed by atoms with Gasteiger partial charge in [-0.1, -0.05) is 13.8 Å². The van der Waals surface area contributed by atoms with Crippen LogP contribution in [0.1, 0.15) is 26.7 Å². The molecule has 0 saturated heterocycles. The summed E-state index contributed by atoms with van der Waals surface area (Å²) in [5.74, 6) is 2.41. The van der Waals surface area contributed by atoms with E-state index in [1.165, 1.54) is 12.8 Å². The highest BCUT2D eigenvalue weighted by atomic mass is 15.3. The summed E-state index contributed by atoms with van der Waals surface area (Å²) in [7, 11) is 1.85. The van der Waals surface area contributed by atoms with Gasteiger partial charge in [-0.2, -0.15) is 4.98 Å². The van der Waals surface area contributed by atoms with E-state index in [1.807, 2.05) is 19.3 Å². The Hall–Kier alpha value is -1.32. The van der Waals surface area contributed by atoms with Crippen LogP contribution in [-0.4, -0.2) is 29.6 Å². The summed E-state index contributed by atoms with van der Waals surface area (Å²) >= 11 is 0. The highest BCUT2D eigenvalue weighted by Crippen LogP contribution is 2.31. The molecular weight excluding hydrogens is 200 g/mol. The first-order chi connectivity index (χ1) is 7.70. The molecule has 4 nitrogen and oxygen atoms in total. The predicted molar refractivity (Wildman–Crippen MR) is 66.8 cm³/mol. The van der Waals surface area contributed by atoms with Crippen LogP contribution in [0.4, 0.5) is 11.8 Å².